The predicted octanol–water partition coefficient (Wildman–Crippen LogP) is 3.77. The lowest BCUT2D eigenvalue weighted by atomic mass is 10.0. The molecule has 1 amide bonds. The molecule has 1 N–H and O–H groups in total. The minimum Gasteiger partial charge on any atom is -0.484 e. The summed E-state index contributed by atoms with van der Waals surface area (Å²) in [5.41, 5.74) is 2.71. The molecule has 124 valence electrons. The summed E-state index contributed by atoms with van der Waals surface area (Å²) < 4.78 is 5.50. The molecule has 0 aliphatic heterocycles. The standard InChI is InChI=1S/C20H22N2O2/c1-15(2)11-12-22-20(23)14-24-19-9-7-18(8-10-19)17-5-3-16(13-21)4-6-17/h3-10,15H,11-12,14H2,1-2H3,(H,22,23). The molecule has 0 fully saturated rings. The Labute approximate surface area is 143 Å². The van der Waals surface area contributed by atoms with Crippen LogP contribution in [0.3, 0.4) is 0 Å². The van der Waals surface area contributed by atoms with E-state index in [1.807, 2.05) is 36.4 Å². The van der Waals surface area contributed by atoms with E-state index < -0.39 is 0 Å². The monoisotopic (exact) mass is 322 g/mol. The summed E-state index contributed by atoms with van der Waals surface area (Å²) in [5.74, 6) is 1.12. The van der Waals surface area contributed by atoms with Crippen LogP contribution in [0.25, 0.3) is 11.1 Å². The lowest BCUT2D eigenvalue weighted by Crippen LogP contribution is -2.30. The molecule has 0 saturated heterocycles. The van der Waals surface area contributed by atoms with Crippen LogP contribution in [-0.2, 0) is 4.79 Å². The van der Waals surface area contributed by atoms with Crippen LogP contribution in [0, 0.1) is 17.2 Å². The summed E-state index contributed by atoms with van der Waals surface area (Å²) in [6.07, 6.45) is 0.963. The van der Waals surface area contributed by atoms with Gasteiger partial charge in [-0.05, 0) is 47.7 Å². The molecular formula is C20H22N2O2. The quantitative estimate of drug-likeness (QED) is 0.844. The summed E-state index contributed by atoms with van der Waals surface area (Å²) in [6.45, 7) is 4.95. The molecule has 4 heteroatoms. The molecule has 0 atom stereocenters. The smallest absolute Gasteiger partial charge is 0.257 e. The number of ether oxygens (including phenoxy) is 1. The van der Waals surface area contributed by atoms with Gasteiger partial charge in [0, 0.05) is 6.54 Å². The highest BCUT2D eigenvalue weighted by molar-refractivity contribution is 5.77. The first-order valence-electron chi connectivity index (χ1n) is 8.08. The molecule has 0 aliphatic rings. The molecule has 0 radical (unpaired) electrons. The van der Waals surface area contributed by atoms with Gasteiger partial charge in [0.05, 0.1) is 11.6 Å². The molecule has 0 saturated carbocycles. The average molecular weight is 322 g/mol. The summed E-state index contributed by atoms with van der Waals surface area (Å²) in [4.78, 5) is 11.7. The van der Waals surface area contributed by atoms with Crippen molar-refractivity contribution >= 4 is 5.91 Å². The van der Waals surface area contributed by atoms with Crippen molar-refractivity contribution in [2.24, 2.45) is 5.92 Å². The number of hydrogen-bond donors (Lipinski definition) is 1. The molecular weight excluding hydrogens is 300 g/mol. The van der Waals surface area contributed by atoms with Gasteiger partial charge in [0.1, 0.15) is 5.75 Å². The second-order valence-corrected chi connectivity index (χ2v) is 6.03. The molecule has 2 rings (SSSR count). The van der Waals surface area contributed by atoms with Gasteiger partial charge in [0.15, 0.2) is 6.61 Å². The lowest BCUT2D eigenvalue weighted by Gasteiger charge is -2.09. The number of rotatable bonds is 7. The van der Waals surface area contributed by atoms with Gasteiger partial charge in [0.2, 0.25) is 0 Å². The zero-order valence-electron chi connectivity index (χ0n) is 14.1. The Kier molecular flexibility index (Phi) is 6.39. The van der Waals surface area contributed by atoms with Crippen LogP contribution in [0.15, 0.2) is 48.5 Å². The van der Waals surface area contributed by atoms with Crippen molar-refractivity contribution in [2.75, 3.05) is 13.2 Å². The normalized spacial score (nSPS) is 10.2. The molecule has 2 aromatic rings. The summed E-state index contributed by atoms with van der Waals surface area (Å²) in [7, 11) is 0. The fourth-order valence-corrected chi connectivity index (χ4v) is 2.18. The third-order valence-corrected chi connectivity index (χ3v) is 3.62. The minimum absolute atomic E-state index is 0.0221. The van der Waals surface area contributed by atoms with E-state index in [0.717, 1.165) is 17.5 Å². The van der Waals surface area contributed by atoms with E-state index in [0.29, 0.717) is 23.8 Å². The third-order valence-electron chi connectivity index (χ3n) is 3.62. The van der Waals surface area contributed by atoms with Crippen molar-refractivity contribution in [2.45, 2.75) is 20.3 Å². The molecule has 0 heterocycles. The van der Waals surface area contributed by atoms with Crippen molar-refractivity contribution in [3.05, 3.63) is 54.1 Å². The van der Waals surface area contributed by atoms with Crippen LogP contribution >= 0.6 is 0 Å². The maximum absolute atomic E-state index is 11.7. The first kappa shape index (κ1) is 17.6. The first-order chi connectivity index (χ1) is 11.6. The van der Waals surface area contributed by atoms with E-state index in [1.165, 1.54) is 0 Å². The Bertz CT molecular complexity index is 698. The van der Waals surface area contributed by atoms with Crippen molar-refractivity contribution in [1.82, 2.24) is 5.32 Å². The van der Waals surface area contributed by atoms with E-state index in [2.05, 4.69) is 25.2 Å². The molecule has 4 nitrogen and oxygen atoms in total. The van der Waals surface area contributed by atoms with Crippen LogP contribution in [0.4, 0.5) is 0 Å². The Balaban J connectivity index is 1.85. The topological polar surface area (TPSA) is 62.1 Å². The Morgan fingerprint density at radius 3 is 2.21 bits per heavy atom. The fourth-order valence-electron chi connectivity index (χ4n) is 2.18. The van der Waals surface area contributed by atoms with Crippen molar-refractivity contribution < 1.29 is 9.53 Å². The summed E-state index contributed by atoms with van der Waals surface area (Å²) >= 11 is 0. The third kappa shape index (κ3) is 5.44. The molecule has 0 aromatic heterocycles. The first-order valence-corrected chi connectivity index (χ1v) is 8.08. The molecule has 2 aromatic carbocycles. The largest absolute Gasteiger partial charge is 0.484 e. The second-order valence-electron chi connectivity index (χ2n) is 6.03. The maximum atomic E-state index is 11.7. The number of benzene rings is 2. The molecule has 0 spiro atoms. The van der Waals surface area contributed by atoms with Gasteiger partial charge < -0.3 is 10.1 Å². The van der Waals surface area contributed by atoms with Crippen LogP contribution in [-0.4, -0.2) is 19.1 Å². The van der Waals surface area contributed by atoms with Gasteiger partial charge in [-0.15, -0.1) is 0 Å². The highest BCUT2D eigenvalue weighted by Crippen LogP contribution is 2.22. The van der Waals surface area contributed by atoms with Crippen LogP contribution in [0.5, 0.6) is 5.75 Å². The fraction of sp³-hybridized carbons (Fsp3) is 0.300. The maximum Gasteiger partial charge on any atom is 0.257 e. The van der Waals surface area contributed by atoms with Gasteiger partial charge in [0.25, 0.3) is 5.91 Å². The number of carbonyl (C=O) groups is 1. The molecule has 0 unspecified atom stereocenters. The van der Waals surface area contributed by atoms with Gasteiger partial charge in [-0.1, -0.05) is 38.1 Å². The van der Waals surface area contributed by atoms with Crippen molar-refractivity contribution in [3.8, 4) is 22.9 Å². The second kappa shape index (κ2) is 8.73. The summed E-state index contributed by atoms with van der Waals surface area (Å²) in [6, 6.07) is 17.1. The predicted molar refractivity (Wildman–Crippen MR) is 94.6 cm³/mol. The van der Waals surface area contributed by atoms with E-state index in [4.69, 9.17) is 10.00 Å². The number of hydrogen-bond acceptors (Lipinski definition) is 3. The molecule has 24 heavy (non-hydrogen) atoms. The van der Waals surface area contributed by atoms with E-state index >= 15 is 0 Å². The summed E-state index contributed by atoms with van der Waals surface area (Å²) in [5, 5.41) is 11.7. The SMILES string of the molecule is CC(C)CCNC(=O)COc1ccc(-c2ccc(C#N)cc2)cc1. The van der Waals surface area contributed by atoms with Crippen LogP contribution < -0.4 is 10.1 Å². The Morgan fingerprint density at radius 1 is 1.08 bits per heavy atom. The average Bonchev–Trinajstić information content (AvgIpc) is 2.60. The number of nitrogens with one attached hydrogen (secondary N) is 1. The number of nitriles is 1. The van der Waals surface area contributed by atoms with Gasteiger partial charge in [-0.25, -0.2) is 0 Å². The van der Waals surface area contributed by atoms with Crippen molar-refractivity contribution in [3.63, 3.8) is 0 Å². The minimum atomic E-state index is -0.105. The zero-order chi connectivity index (χ0) is 17.4. The van der Waals surface area contributed by atoms with Gasteiger partial charge >= 0.3 is 0 Å². The van der Waals surface area contributed by atoms with E-state index in [1.54, 1.807) is 12.1 Å². The lowest BCUT2D eigenvalue weighted by molar-refractivity contribution is -0.123. The zero-order valence-corrected chi connectivity index (χ0v) is 14.1. The van der Waals surface area contributed by atoms with Gasteiger partial charge in [-0.2, -0.15) is 5.26 Å². The van der Waals surface area contributed by atoms with Crippen LogP contribution in [0.2, 0.25) is 0 Å². The van der Waals surface area contributed by atoms with Crippen molar-refractivity contribution in [1.29, 1.82) is 5.26 Å². The number of amides is 1. The highest BCUT2D eigenvalue weighted by Gasteiger charge is 2.04. The number of carbonyl (C=O) groups excluding carboxylic acids is 1. The van der Waals surface area contributed by atoms with E-state index in [-0.39, 0.29) is 12.5 Å². The van der Waals surface area contributed by atoms with Crippen LogP contribution in [0.1, 0.15) is 25.8 Å². The van der Waals surface area contributed by atoms with Gasteiger partial charge in [-0.3, -0.25) is 4.79 Å². The Hall–Kier alpha value is -2.80. The van der Waals surface area contributed by atoms with E-state index in [9.17, 15) is 4.79 Å². The molecule has 0 bridgehead atoms. The molecule has 0 aliphatic carbocycles. The Morgan fingerprint density at radius 2 is 1.67 bits per heavy atom. The highest BCUT2D eigenvalue weighted by atomic mass is 16.5. The number of nitrogens with zero attached hydrogens (tertiary/aromatic N) is 1.